The first kappa shape index (κ1) is 13.5. The quantitative estimate of drug-likeness (QED) is 0.835. The Hall–Kier alpha value is -1.88. The number of nitrogens with two attached hydrogens (primary N) is 1. The van der Waals surface area contributed by atoms with Crippen molar-refractivity contribution in [1.82, 2.24) is 4.98 Å². The third-order valence-corrected chi connectivity index (χ3v) is 3.88. The first-order valence-corrected chi connectivity index (χ1v) is 6.96. The van der Waals surface area contributed by atoms with E-state index in [9.17, 15) is 4.79 Å². The number of nitrogens with zero attached hydrogens (tertiary/aromatic N) is 1. The Labute approximate surface area is 116 Å². The highest BCUT2D eigenvalue weighted by atomic mass is 32.1. The van der Waals surface area contributed by atoms with E-state index in [-0.39, 0.29) is 5.78 Å². The van der Waals surface area contributed by atoms with Crippen LogP contribution in [0.5, 0.6) is 0 Å². The lowest BCUT2D eigenvalue weighted by Crippen LogP contribution is -1.98. The van der Waals surface area contributed by atoms with Gasteiger partial charge in [0.2, 0.25) is 0 Å². The Kier molecular flexibility index (Phi) is 3.85. The van der Waals surface area contributed by atoms with Crippen molar-refractivity contribution < 1.29 is 4.79 Å². The number of thiazole rings is 1. The molecule has 19 heavy (non-hydrogen) atoms. The van der Waals surface area contributed by atoms with Gasteiger partial charge in [-0.3, -0.25) is 4.79 Å². The van der Waals surface area contributed by atoms with Gasteiger partial charge in [-0.05, 0) is 25.5 Å². The van der Waals surface area contributed by atoms with Crippen molar-refractivity contribution in [3.8, 4) is 0 Å². The molecular weight excluding hydrogens is 258 g/mol. The maximum absolute atomic E-state index is 11.7. The van der Waals surface area contributed by atoms with Crippen LogP contribution in [0.1, 0.15) is 34.1 Å². The van der Waals surface area contributed by atoms with Crippen molar-refractivity contribution in [2.45, 2.75) is 27.2 Å². The zero-order chi connectivity index (χ0) is 14.0. The third-order valence-electron chi connectivity index (χ3n) is 2.85. The lowest BCUT2D eigenvalue weighted by atomic mass is 10.1. The number of hydrogen-bond acceptors (Lipinski definition) is 5. The number of benzene rings is 1. The van der Waals surface area contributed by atoms with Gasteiger partial charge in [0.1, 0.15) is 10.7 Å². The first-order chi connectivity index (χ1) is 9.01. The highest BCUT2D eigenvalue weighted by Gasteiger charge is 2.14. The van der Waals surface area contributed by atoms with Gasteiger partial charge in [0, 0.05) is 12.1 Å². The monoisotopic (exact) mass is 275 g/mol. The number of ketones is 1. The molecule has 0 aliphatic rings. The van der Waals surface area contributed by atoms with E-state index in [0.29, 0.717) is 22.2 Å². The first-order valence-electron chi connectivity index (χ1n) is 6.15. The van der Waals surface area contributed by atoms with Gasteiger partial charge in [-0.1, -0.05) is 36.0 Å². The van der Waals surface area contributed by atoms with Crippen molar-refractivity contribution >= 4 is 33.8 Å². The van der Waals surface area contributed by atoms with Gasteiger partial charge in [-0.25, -0.2) is 4.98 Å². The fraction of sp³-hybridized carbons (Fsp3) is 0.286. The van der Waals surface area contributed by atoms with E-state index in [1.165, 1.54) is 16.9 Å². The second-order valence-corrected chi connectivity index (χ2v) is 5.45. The molecule has 3 N–H and O–H groups in total. The fourth-order valence-electron chi connectivity index (χ4n) is 1.81. The molecule has 0 spiro atoms. The maximum Gasteiger partial charge on any atom is 0.189 e. The van der Waals surface area contributed by atoms with Crippen molar-refractivity contribution in [2.24, 2.45) is 0 Å². The van der Waals surface area contributed by atoms with Crippen LogP contribution in [0, 0.1) is 13.8 Å². The molecule has 0 radical (unpaired) electrons. The second-order valence-electron chi connectivity index (χ2n) is 4.45. The van der Waals surface area contributed by atoms with E-state index in [4.69, 9.17) is 5.73 Å². The summed E-state index contributed by atoms with van der Waals surface area (Å²) in [6.07, 6.45) is 0.440. The van der Waals surface area contributed by atoms with Crippen LogP contribution in [0.25, 0.3) is 0 Å². The van der Waals surface area contributed by atoms with Crippen LogP contribution in [-0.2, 0) is 0 Å². The number of rotatable bonds is 4. The summed E-state index contributed by atoms with van der Waals surface area (Å²) in [7, 11) is 0. The van der Waals surface area contributed by atoms with E-state index in [0.717, 1.165) is 11.3 Å². The molecule has 0 atom stereocenters. The van der Waals surface area contributed by atoms with E-state index < -0.39 is 0 Å². The van der Waals surface area contributed by atoms with Gasteiger partial charge in [-0.15, -0.1) is 0 Å². The lowest BCUT2D eigenvalue weighted by Gasteiger charge is -2.07. The fourth-order valence-corrected chi connectivity index (χ4v) is 2.72. The molecule has 0 aliphatic carbocycles. The van der Waals surface area contributed by atoms with Gasteiger partial charge < -0.3 is 11.1 Å². The van der Waals surface area contributed by atoms with Crippen LogP contribution in [0.4, 0.5) is 16.6 Å². The SMILES string of the molecule is CCC(=O)c1sc(Nc2ccc(C)cc2C)nc1N. The molecule has 0 amide bonds. The number of aromatic nitrogens is 1. The Morgan fingerprint density at radius 2 is 2.16 bits per heavy atom. The highest BCUT2D eigenvalue weighted by Crippen LogP contribution is 2.29. The molecule has 5 heteroatoms. The summed E-state index contributed by atoms with van der Waals surface area (Å²) in [6.45, 7) is 5.90. The number of nitrogen functional groups attached to an aromatic ring is 1. The Bertz CT molecular complexity index is 619. The maximum atomic E-state index is 11.7. The molecule has 1 heterocycles. The third kappa shape index (κ3) is 2.93. The van der Waals surface area contributed by atoms with E-state index in [2.05, 4.69) is 23.3 Å². The largest absolute Gasteiger partial charge is 0.382 e. The normalized spacial score (nSPS) is 10.5. The summed E-state index contributed by atoms with van der Waals surface area (Å²) in [5, 5.41) is 3.87. The zero-order valence-electron chi connectivity index (χ0n) is 11.3. The van der Waals surface area contributed by atoms with Gasteiger partial charge in [-0.2, -0.15) is 0 Å². The average molecular weight is 275 g/mol. The standard InChI is InChI=1S/C14H17N3OS/c1-4-11(18)12-13(15)17-14(19-12)16-10-6-5-8(2)7-9(10)3/h5-7H,4,15H2,1-3H3,(H,16,17). The molecule has 0 unspecified atom stereocenters. The van der Waals surface area contributed by atoms with Gasteiger partial charge in [0.05, 0.1) is 0 Å². The average Bonchev–Trinajstić information content (AvgIpc) is 2.73. The Morgan fingerprint density at radius 3 is 2.79 bits per heavy atom. The summed E-state index contributed by atoms with van der Waals surface area (Å²) in [6, 6.07) is 6.13. The highest BCUT2D eigenvalue weighted by molar-refractivity contribution is 7.18. The molecule has 0 saturated heterocycles. The minimum Gasteiger partial charge on any atom is -0.382 e. The van der Waals surface area contributed by atoms with Crippen molar-refractivity contribution in [3.05, 3.63) is 34.2 Å². The molecule has 100 valence electrons. The van der Waals surface area contributed by atoms with Crippen LogP contribution in [0.3, 0.4) is 0 Å². The number of nitrogens with one attached hydrogen (secondary N) is 1. The number of carbonyl (C=O) groups is 1. The number of Topliss-reactive ketones (excluding diaryl/α,β-unsaturated/α-hetero) is 1. The number of anilines is 3. The van der Waals surface area contributed by atoms with Crippen LogP contribution in [-0.4, -0.2) is 10.8 Å². The lowest BCUT2D eigenvalue weighted by molar-refractivity contribution is 0.0992. The summed E-state index contributed by atoms with van der Waals surface area (Å²) in [5.74, 6) is 0.341. The molecule has 4 nitrogen and oxygen atoms in total. The summed E-state index contributed by atoms with van der Waals surface area (Å²) >= 11 is 1.30. The Morgan fingerprint density at radius 1 is 1.42 bits per heavy atom. The molecule has 0 bridgehead atoms. The molecule has 2 rings (SSSR count). The molecular formula is C14H17N3OS. The molecule has 1 aromatic carbocycles. The van der Waals surface area contributed by atoms with E-state index in [1.54, 1.807) is 0 Å². The minimum atomic E-state index is 0.0312. The van der Waals surface area contributed by atoms with Crippen LogP contribution < -0.4 is 11.1 Å². The molecule has 0 fully saturated rings. The smallest absolute Gasteiger partial charge is 0.189 e. The topological polar surface area (TPSA) is 68.0 Å². The van der Waals surface area contributed by atoms with Crippen LogP contribution >= 0.6 is 11.3 Å². The Balaban J connectivity index is 2.26. The summed E-state index contributed by atoms with van der Waals surface area (Å²) < 4.78 is 0. The van der Waals surface area contributed by atoms with Crippen LogP contribution in [0.2, 0.25) is 0 Å². The van der Waals surface area contributed by atoms with Gasteiger partial charge in [0.15, 0.2) is 10.9 Å². The van der Waals surface area contributed by atoms with Gasteiger partial charge >= 0.3 is 0 Å². The number of aryl methyl sites for hydroxylation is 2. The molecule has 1 aromatic heterocycles. The van der Waals surface area contributed by atoms with Crippen molar-refractivity contribution in [2.75, 3.05) is 11.1 Å². The minimum absolute atomic E-state index is 0.0312. The summed E-state index contributed by atoms with van der Waals surface area (Å²) in [5.41, 5.74) is 9.10. The van der Waals surface area contributed by atoms with Crippen molar-refractivity contribution in [1.29, 1.82) is 0 Å². The zero-order valence-corrected chi connectivity index (χ0v) is 12.1. The van der Waals surface area contributed by atoms with Gasteiger partial charge in [0.25, 0.3) is 0 Å². The molecule has 0 saturated carbocycles. The molecule has 0 aliphatic heterocycles. The number of hydrogen-bond donors (Lipinski definition) is 2. The van der Waals surface area contributed by atoms with Crippen molar-refractivity contribution in [3.63, 3.8) is 0 Å². The van der Waals surface area contributed by atoms with E-state index in [1.807, 2.05) is 26.0 Å². The number of carbonyl (C=O) groups excluding carboxylic acids is 1. The predicted octanol–water partition coefficient (Wildman–Crippen LogP) is 3.68. The van der Waals surface area contributed by atoms with E-state index >= 15 is 0 Å². The predicted molar refractivity (Wildman–Crippen MR) is 80.3 cm³/mol. The second kappa shape index (κ2) is 5.40. The van der Waals surface area contributed by atoms with Crippen LogP contribution in [0.15, 0.2) is 18.2 Å². The summed E-state index contributed by atoms with van der Waals surface area (Å²) in [4.78, 5) is 16.4. The molecule has 2 aromatic rings.